The highest BCUT2D eigenvalue weighted by molar-refractivity contribution is 7.51. The summed E-state index contributed by atoms with van der Waals surface area (Å²) < 4.78 is 22.6. The fourth-order valence-electron chi connectivity index (χ4n) is 4.75. The highest BCUT2D eigenvalue weighted by Gasteiger charge is 2.35. The second-order valence-corrected chi connectivity index (χ2v) is 12.0. The predicted molar refractivity (Wildman–Crippen MR) is 155 cm³/mol. The van der Waals surface area contributed by atoms with E-state index < -0.39 is 37.7 Å². The van der Waals surface area contributed by atoms with Gasteiger partial charge in [-0.3, -0.25) is 14.2 Å². The molecule has 2 saturated heterocycles. The standard InChI is InChI=1S/C28H38N5O8P/c1-2-3-14-41-28(36)33-12-10-32(11-13-33)27(35)25(19-42(37,38)39)31-26(34)24-17-22(29-21-9-15-40-18-21)16-23(30-24)20-7-5-4-6-8-20/h4-8,16-17,21,25H,2-3,9-15,18-19H2,1H3,(H,29,30)(H,31,34)(H2,37,38,39)/t21?,25-/m0/s1. The number of hydrogen-bond donors (Lipinski definition) is 4. The topological polar surface area (TPSA) is 171 Å². The van der Waals surface area contributed by atoms with Crippen molar-refractivity contribution >= 4 is 31.2 Å². The number of nitrogens with one attached hydrogen (secondary N) is 2. The second-order valence-electron chi connectivity index (χ2n) is 10.4. The van der Waals surface area contributed by atoms with Gasteiger partial charge < -0.3 is 39.7 Å². The molecule has 1 unspecified atom stereocenters. The van der Waals surface area contributed by atoms with Crippen molar-refractivity contribution < 1.29 is 38.2 Å². The minimum Gasteiger partial charge on any atom is -0.449 e. The molecular formula is C28H38N5O8P. The van der Waals surface area contributed by atoms with Gasteiger partial charge >= 0.3 is 13.7 Å². The van der Waals surface area contributed by atoms with Crippen LogP contribution in [-0.4, -0.2) is 107 Å². The number of carbonyl (C=O) groups is 3. The number of ether oxygens (including phenoxy) is 2. The summed E-state index contributed by atoms with van der Waals surface area (Å²) in [4.78, 5) is 65.9. The van der Waals surface area contributed by atoms with Crippen LogP contribution in [0.2, 0.25) is 0 Å². The van der Waals surface area contributed by atoms with E-state index in [-0.39, 0.29) is 37.9 Å². The van der Waals surface area contributed by atoms with Crippen molar-refractivity contribution in [3.63, 3.8) is 0 Å². The van der Waals surface area contributed by atoms with Crippen molar-refractivity contribution in [1.29, 1.82) is 0 Å². The van der Waals surface area contributed by atoms with E-state index in [4.69, 9.17) is 9.47 Å². The van der Waals surface area contributed by atoms with Crippen molar-refractivity contribution in [3.05, 3.63) is 48.2 Å². The third-order valence-electron chi connectivity index (χ3n) is 7.02. The molecule has 4 rings (SSSR count). The minimum absolute atomic E-state index is 0.0130. The average Bonchev–Trinajstić information content (AvgIpc) is 3.49. The van der Waals surface area contributed by atoms with Crippen LogP contribution in [0.25, 0.3) is 11.3 Å². The number of pyridine rings is 1. The molecule has 228 valence electrons. The van der Waals surface area contributed by atoms with E-state index in [0.29, 0.717) is 31.2 Å². The lowest BCUT2D eigenvalue weighted by Gasteiger charge is -2.36. The number of piperazine rings is 1. The molecule has 2 atom stereocenters. The van der Waals surface area contributed by atoms with Crippen LogP contribution in [0, 0.1) is 0 Å². The van der Waals surface area contributed by atoms with E-state index in [1.807, 2.05) is 43.3 Å². The van der Waals surface area contributed by atoms with E-state index in [1.54, 1.807) is 6.07 Å². The van der Waals surface area contributed by atoms with Gasteiger partial charge in [0.1, 0.15) is 11.7 Å². The molecule has 42 heavy (non-hydrogen) atoms. The Morgan fingerprint density at radius 3 is 2.48 bits per heavy atom. The molecule has 0 spiro atoms. The van der Waals surface area contributed by atoms with Crippen LogP contribution in [0.1, 0.15) is 36.7 Å². The molecule has 0 aliphatic carbocycles. The molecule has 2 aliphatic heterocycles. The molecule has 2 aromatic rings. The largest absolute Gasteiger partial charge is 0.449 e. The Bertz CT molecular complexity index is 1280. The van der Waals surface area contributed by atoms with Crippen molar-refractivity contribution in [2.75, 3.05) is 57.5 Å². The van der Waals surface area contributed by atoms with Crippen LogP contribution in [0.4, 0.5) is 10.5 Å². The van der Waals surface area contributed by atoms with Gasteiger partial charge in [-0.25, -0.2) is 9.78 Å². The molecule has 13 nitrogen and oxygen atoms in total. The van der Waals surface area contributed by atoms with E-state index in [1.165, 1.54) is 9.80 Å². The van der Waals surface area contributed by atoms with Crippen LogP contribution in [0.3, 0.4) is 0 Å². The molecule has 0 bridgehead atoms. The fraction of sp³-hybridized carbons (Fsp3) is 0.500. The summed E-state index contributed by atoms with van der Waals surface area (Å²) in [5, 5.41) is 5.87. The Morgan fingerprint density at radius 2 is 1.83 bits per heavy atom. The van der Waals surface area contributed by atoms with E-state index in [9.17, 15) is 28.7 Å². The SMILES string of the molecule is CCCCOC(=O)N1CCN(C(=O)[C@H](CP(=O)(O)O)NC(=O)c2cc(NC3CCOC3)cc(-c3ccccc3)n2)CC1. The number of benzene rings is 1. The summed E-state index contributed by atoms with van der Waals surface area (Å²) in [6.45, 7) is 4.12. The maximum absolute atomic E-state index is 13.4. The summed E-state index contributed by atoms with van der Waals surface area (Å²) in [7, 11) is -4.70. The summed E-state index contributed by atoms with van der Waals surface area (Å²) in [5.74, 6) is -1.39. The predicted octanol–water partition coefficient (Wildman–Crippen LogP) is 2.31. The Morgan fingerprint density at radius 1 is 1.12 bits per heavy atom. The first kappa shape index (κ1) is 31.4. The van der Waals surface area contributed by atoms with Crippen molar-refractivity contribution in [1.82, 2.24) is 20.1 Å². The van der Waals surface area contributed by atoms with Crippen molar-refractivity contribution in [2.24, 2.45) is 0 Å². The summed E-state index contributed by atoms with van der Waals surface area (Å²) in [5.41, 5.74) is 1.90. The van der Waals surface area contributed by atoms with E-state index in [0.717, 1.165) is 24.8 Å². The number of hydrogen-bond acceptors (Lipinski definition) is 8. The summed E-state index contributed by atoms with van der Waals surface area (Å²) in [6, 6.07) is 11.2. The van der Waals surface area contributed by atoms with Gasteiger partial charge in [-0.1, -0.05) is 43.7 Å². The molecule has 4 N–H and O–H groups in total. The molecular weight excluding hydrogens is 565 g/mol. The zero-order valence-electron chi connectivity index (χ0n) is 23.6. The first-order chi connectivity index (χ1) is 20.1. The maximum atomic E-state index is 13.4. The molecule has 1 aromatic carbocycles. The van der Waals surface area contributed by atoms with Gasteiger partial charge in [-0.15, -0.1) is 0 Å². The molecule has 14 heteroatoms. The minimum atomic E-state index is -4.70. The number of unbranched alkanes of at least 4 members (excludes halogenated alkanes) is 1. The van der Waals surface area contributed by atoms with Gasteiger partial charge in [0.25, 0.3) is 5.91 Å². The molecule has 2 fully saturated rings. The van der Waals surface area contributed by atoms with Crippen LogP contribution >= 0.6 is 7.60 Å². The van der Waals surface area contributed by atoms with Gasteiger partial charge in [0.15, 0.2) is 0 Å². The molecule has 1 aromatic heterocycles. The quantitative estimate of drug-likeness (QED) is 0.221. The first-order valence-corrected chi connectivity index (χ1v) is 15.9. The van der Waals surface area contributed by atoms with Gasteiger partial charge in [0.2, 0.25) is 5.91 Å². The maximum Gasteiger partial charge on any atom is 0.409 e. The molecule has 2 aliphatic rings. The van der Waals surface area contributed by atoms with Gasteiger partial charge in [-0.2, -0.15) is 0 Å². The number of nitrogens with zero attached hydrogens (tertiary/aromatic N) is 3. The normalized spacial score (nSPS) is 17.9. The Labute approximate surface area is 244 Å². The van der Waals surface area contributed by atoms with Crippen LogP contribution in [0.5, 0.6) is 0 Å². The Kier molecular flexibility index (Phi) is 10.9. The number of aromatic nitrogens is 1. The van der Waals surface area contributed by atoms with Crippen LogP contribution < -0.4 is 10.6 Å². The molecule has 3 amide bonds. The Balaban J connectivity index is 1.49. The van der Waals surface area contributed by atoms with Gasteiger partial charge in [-0.05, 0) is 25.0 Å². The number of amides is 3. The molecule has 0 saturated carbocycles. The van der Waals surface area contributed by atoms with Crippen LogP contribution in [-0.2, 0) is 18.8 Å². The summed E-state index contributed by atoms with van der Waals surface area (Å²) in [6.07, 6.45) is 1.10. The second kappa shape index (κ2) is 14.6. The zero-order valence-corrected chi connectivity index (χ0v) is 24.5. The third-order valence-corrected chi connectivity index (χ3v) is 7.87. The Hall–Kier alpha value is -3.51. The van der Waals surface area contributed by atoms with Crippen molar-refractivity contribution in [2.45, 2.75) is 38.3 Å². The lowest BCUT2D eigenvalue weighted by Crippen LogP contribution is -2.56. The summed E-state index contributed by atoms with van der Waals surface area (Å²) >= 11 is 0. The molecule has 0 radical (unpaired) electrons. The van der Waals surface area contributed by atoms with E-state index >= 15 is 0 Å². The van der Waals surface area contributed by atoms with Crippen molar-refractivity contribution in [3.8, 4) is 11.3 Å². The first-order valence-electron chi connectivity index (χ1n) is 14.1. The third kappa shape index (κ3) is 8.99. The number of rotatable bonds is 11. The smallest absolute Gasteiger partial charge is 0.409 e. The highest BCUT2D eigenvalue weighted by atomic mass is 31.2. The fourth-order valence-corrected chi connectivity index (χ4v) is 5.47. The van der Waals surface area contributed by atoms with E-state index in [2.05, 4.69) is 15.6 Å². The monoisotopic (exact) mass is 603 g/mol. The average molecular weight is 604 g/mol. The lowest BCUT2D eigenvalue weighted by molar-refractivity contribution is -0.134. The van der Waals surface area contributed by atoms with Gasteiger partial charge in [0, 0.05) is 44.0 Å². The van der Waals surface area contributed by atoms with Crippen LogP contribution in [0.15, 0.2) is 42.5 Å². The number of anilines is 1. The number of carbonyl (C=O) groups excluding carboxylic acids is 3. The molecule has 3 heterocycles. The van der Waals surface area contributed by atoms with Gasteiger partial charge in [0.05, 0.1) is 31.1 Å². The lowest BCUT2D eigenvalue weighted by atomic mass is 10.1. The highest BCUT2D eigenvalue weighted by Crippen LogP contribution is 2.35. The zero-order chi connectivity index (χ0) is 30.1.